The number of carbonyl (C=O) groups excluding carboxylic acids is 1. The van der Waals surface area contributed by atoms with Crippen LogP contribution in [0.3, 0.4) is 0 Å². The molecule has 6 nitrogen and oxygen atoms in total. The number of nitrogens with one attached hydrogen (secondary N) is 1. The van der Waals surface area contributed by atoms with Gasteiger partial charge < -0.3 is 15.8 Å². The van der Waals surface area contributed by atoms with Gasteiger partial charge in [-0.3, -0.25) is 9.48 Å². The van der Waals surface area contributed by atoms with Gasteiger partial charge in [0.1, 0.15) is 11.4 Å². The zero-order chi connectivity index (χ0) is 15.4. The van der Waals surface area contributed by atoms with Crippen LogP contribution in [0.5, 0.6) is 5.75 Å². The molecule has 0 unspecified atom stereocenters. The average molecular weight is 288 g/mol. The molecule has 0 aliphatic rings. The third kappa shape index (κ3) is 2.99. The number of aryl methyl sites for hydroxylation is 2. The zero-order valence-electron chi connectivity index (χ0n) is 12.5. The molecule has 0 fully saturated rings. The number of nitrogens with two attached hydrogens (primary N) is 1. The van der Waals surface area contributed by atoms with Gasteiger partial charge in [-0.15, -0.1) is 0 Å². The number of hydrogen-bond donors (Lipinski definition) is 2. The molecule has 0 aliphatic heterocycles. The van der Waals surface area contributed by atoms with Gasteiger partial charge in [0.2, 0.25) is 0 Å². The summed E-state index contributed by atoms with van der Waals surface area (Å²) >= 11 is 0. The summed E-state index contributed by atoms with van der Waals surface area (Å²) in [5.74, 6) is 0.341. The van der Waals surface area contributed by atoms with E-state index >= 15 is 0 Å². The predicted molar refractivity (Wildman–Crippen MR) is 82.6 cm³/mol. The molecular formula is C15H20N4O2. The fourth-order valence-electron chi connectivity index (χ4n) is 2.10. The lowest BCUT2D eigenvalue weighted by Crippen LogP contribution is -2.19. The molecule has 21 heavy (non-hydrogen) atoms. The second kappa shape index (κ2) is 6.30. The standard InChI is InChI=1S/C15H20N4O2/c1-4-19-14(13(16)10(3)18-19)15(20)17-11-8-6-7-9-12(11)21-5-2/h6-9H,4-5,16H2,1-3H3,(H,17,20). The van der Waals surface area contributed by atoms with Crippen molar-refractivity contribution in [1.82, 2.24) is 9.78 Å². The van der Waals surface area contributed by atoms with Gasteiger partial charge in [0.15, 0.2) is 0 Å². The van der Waals surface area contributed by atoms with E-state index in [2.05, 4.69) is 10.4 Å². The Balaban J connectivity index is 2.31. The second-order valence-electron chi connectivity index (χ2n) is 4.55. The van der Waals surface area contributed by atoms with Crippen molar-refractivity contribution in [2.24, 2.45) is 0 Å². The number of ether oxygens (including phenoxy) is 1. The minimum Gasteiger partial charge on any atom is -0.492 e. The van der Waals surface area contributed by atoms with Gasteiger partial charge in [0, 0.05) is 6.54 Å². The molecule has 1 aromatic carbocycles. The number of nitrogen functional groups attached to an aromatic ring is 1. The number of anilines is 2. The van der Waals surface area contributed by atoms with Crippen LogP contribution in [-0.2, 0) is 6.54 Å². The Kier molecular flexibility index (Phi) is 4.47. The van der Waals surface area contributed by atoms with E-state index in [1.807, 2.05) is 32.0 Å². The molecular weight excluding hydrogens is 268 g/mol. The highest BCUT2D eigenvalue weighted by molar-refractivity contribution is 6.07. The maximum absolute atomic E-state index is 12.5. The van der Waals surface area contributed by atoms with Crippen molar-refractivity contribution in [3.63, 3.8) is 0 Å². The van der Waals surface area contributed by atoms with Gasteiger partial charge in [-0.05, 0) is 32.9 Å². The first-order valence-electron chi connectivity index (χ1n) is 6.94. The summed E-state index contributed by atoms with van der Waals surface area (Å²) in [5.41, 5.74) is 8.01. The molecule has 0 radical (unpaired) electrons. The lowest BCUT2D eigenvalue weighted by Gasteiger charge is -2.12. The van der Waals surface area contributed by atoms with Crippen molar-refractivity contribution in [3.8, 4) is 5.75 Å². The van der Waals surface area contributed by atoms with Crippen molar-refractivity contribution >= 4 is 17.3 Å². The van der Waals surface area contributed by atoms with Crippen molar-refractivity contribution in [1.29, 1.82) is 0 Å². The van der Waals surface area contributed by atoms with Crippen LogP contribution < -0.4 is 15.8 Å². The van der Waals surface area contributed by atoms with Crippen LogP contribution in [0.4, 0.5) is 11.4 Å². The first-order valence-corrected chi connectivity index (χ1v) is 6.94. The number of carbonyl (C=O) groups is 1. The summed E-state index contributed by atoms with van der Waals surface area (Å²) in [7, 11) is 0. The Morgan fingerprint density at radius 1 is 1.38 bits per heavy atom. The van der Waals surface area contributed by atoms with Crippen LogP contribution in [-0.4, -0.2) is 22.3 Å². The van der Waals surface area contributed by atoms with Crippen molar-refractivity contribution in [2.45, 2.75) is 27.3 Å². The van der Waals surface area contributed by atoms with Gasteiger partial charge in [-0.25, -0.2) is 0 Å². The average Bonchev–Trinajstić information content (AvgIpc) is 2.76. The summed E-state index contributed by atoms with van der Waals surface area (Å²) in [6, 6.07) is 7.29. The third-order valence-electron chi connectivity index (χ3n) is 3.12. The number of para-hydroxylation sites is 2. The normalized spacial score (nSPS) is 10.4. The first-order chi connectivity index (χ1) is 10.1. The van der Waals surface area contributed by atoms with Gasteiger partial charge >= 0.3 is 0 Å². The fourth-order valence-corrected chi connectivity index (χ4v) is 2.10. The molecule has 2 rings (SSSR count). The maximum Gasteiger partial charge on any atom is 0.276 e. The molecule has 0 spiro atoms. The first kappa shape index (κ1) is 14.9. The molecule has 6 heteroatoms. The van der Waals surface area contributed by atoms with E-state index in [-0.39, 0.29) is 5.91 Å². The Bertz CT molecular complexity index is 649. The van der Waals surface area contributed by atoms with Crippen molar-refractivity contribution in [2.75, 3.05) is 17.7 Å². The molecule has 0 atom stereocenters. The maximum atomic E-state index is 12.5. The lowest BCUT2D eigenvalue weighted by atomic mass is 10.2. The molecule has 0 saturated heterocycles. The Morgan fingerprint density at radius 3 is 2.76 bits per heavy atom. The molecule has 0 aliphatic carbocycles. The molecule has 1 aromatic heterocycles. The van der Waals surface area contributed by atoms with Gasteiger partial charge in [0.25, 0.3) is 5.91 Å². The zero-order valence-corrected chi connectivity index (χ0v) is 12.5. The monoisotopic (exact) mass is 288 g/mol. The van der Waals surface area contributed by atoms with E-state index in [0.29, 0.717) is 41.7 Å². The van der Waals surface area contributed by atoms with Gasteiger partial charge in [-0.1, -0.05) is 12.1 Å². The summed E-state index contributed by atoms with van der Waals surface area (Å²) in [5, 5.41) is 7.09. The van der Waals surface area contributed by atoms with Gasteiger partial charge in [0.05, 0.1) is 23.7 Å². The van der Waals surface area contributed by atoms with E-state index < -0.39 is 0 Å². The molecule has 1 heterocycles. The summed E-state index contributed by atoms with van der Waals surface area (Å²) in [6.07, 6.45) is 0. The number of aromatic nitrogens is 2. The summed E-state index contributed by atoms with van der Waals surface area (Å²) < 4.78 is 7.10. The minimum atomic E-state index is -0.290. The fraction of sp³-hybridized carbons (Fsp3) is 0.333. The van der Waals surface area contributed by atoms with E-state index in [0.717, 1.165) is 0 Å². The predicted octanol–water partition coefficient (Wildman–Crippen LogP) is 2.44. The number of amides is 1. The summed E-state index contributed by atoms with van der Waals surface area (Å²) in [4.78, 5) is 12.5. The highest BCUT2D eigenvalue weighted by atomic mass is 16.5. The van der Waals surface area contributed by atoms with Crippen LogP contribution >= 0.6 is 0 Å². The van der Waals surface area contributed by atoms with Crippen LogP contribution in [0.2, 0.25) is 0 Å². The summed E-state index contributed by atoms with van der Waals surface area (Å²) in [6.45, 7) is 6.70. The van der Waals surface area contributed by atoms with Crippen LogP contribution in [0, 0.1) is 6.92 Å². The third-order valence-corrected chi connectivity index (χ3v) is 3.12. The quantitative estimate of drug-likeness (QED) is 0.885. The van der Waals surface area contributed by atoms with Crippen LogP contribution in [0.1, 0.15) is 30.0 Å². The minimum absolute atomic E-state index is 0.290. The number of hydrogen-bond acceptors (Lipinski definition) is 4. The SMILES string of the molecule is CCOc1ccccc1NC(=O)c1c(N)c(C)nn1CC. The van der Waals surface area contributed by atoms with Crippen molar-refractivity contribution < 1.29 is 9.53 Å². The largest absolute Gasteiger partial charge is 0.492 e. The molecule has 2 aromatic rings. The molecule has 1 amide bonds. The Labute approximate surface area is 123 Å². The Morgan fingerprint density at radius 2 is 2.10 bits per heavy atom. The molecule has 0 saturated carbocycles. The number of benzene rings is 1. The molecule has 3 N–H and O–H groups in total. The number of rotatable bonds is 5. The van der Waals surface area contributed by atoms with Crippen LogP contribution in [0.25, 0.3) is 0 Å². The molecule has 112 valence electrons. The smallest absolute Gasteiger partial charge is 0.276 e. The highest BCUT2D eigenvalue weighted by Gasteiger charge is 2.20. The van der Waals surface area contributed by atoms with E-state index in [1.54, 1.807) is 17.7 Å². The highest BCUT2D eigenvalue weighted by Crippen LogP contribution is 2.25. The van der Waals surface area contributed by atoms with Crippen LogP contribution in [0.15, 0.2) is 24.3 Å². The van der Waals surface area contributed by atoms with E-state index in [1.165, 1.54) is 0 Å². The number of nitrogens with zero attached hydrogens (tertiary/aromatic N) is 2. The van der Waals surface area contributed by atoms with Crippen molar-refractivity contribution in [3.05, 3.63) is 35.7 Å². The second-order valence-corrected chi connectivity index (χ2v) is 4.55. The Hall–Kier alpha value is -2.50. The topological polar surface area (TPSA) is 82.2 Å². The van der Waals surface area contributed by atoms with E-state index in [9.17, 15) is 4.79 Å². The van der Waals surface area contributed by atoms with E-state index in [4.69, 9.17) is 10.5 Å². The molecule has 0 bridgehead atoms. The lowest BCUT2D eigenvalue weighted by molar-refractivity contribution is 0.101. The van der Waals surface area contributed by atoms with Gasteiger partial charge in [-0.2, -0.15) is 5.10 Å².